The average molecular weight is 223 g/mol. The predicted molar refractivity (Wildman–Crippen MR) is 63.1 cm³/mol. The van der Waals surface area contributed by atoms with Gasteiger partial charge in [-0.1, -0.05) is 0 Å². The van der Waals surface area contributed by atoms with Crippen molar-refractivity contribution in [2.24, 2.45) is 0 Å². The van der Waals surface area contributed by atoms with Gasteiger partial charge in [0.25, 0.3) is 0 Å². The number of nitrogens with zero attached hydrogens (tertiary/aromatic N) is 3. The Morgan fingerprint density at radius 3 is 2.62 bits per heavy atom. The largest absolute Gasteiger partial charge is 0.354 e. The van der Waals surface area contributed by atoms with Gasteiger partial charge >= 0.3 is 0 Å². The van der Waals surface area contributed by atoms with E-state index in [2.05, 4.69) is 24.0 Å². The number of anilines is 1. The summed E-state index contributed by atoms with van der Waals surface area (Å²) >= 11 is 0. The Hall–Kier alpha value is -1.16. The normalized spacial score (nSPS) is 18.1. The second-order valence-corrected chi connectivity index (χ2v) is 4.49. The minimum absolute atomic E-state index is 0.217. The molecule has 0 N–H and O–H groups in total. The number of halogens is 1. The van der Waals surface area contributed by atoms with E-state index in [9.17, 15) is 4.39 Å². The van der Waals surface area contributed by atoms with Crippen molar-refractivity contribution in [3.8, 4) is 0 Å². The van der Waals surface area contributed by atoms with Crippen LogP contribution in [0, 0.1) is 5.82 Å². The molecule has 0 atom stereocenters. The molecule has 16 heavy (non-hydrogen) atoms. The summed E-state index contributed by atoms with van der Waals surface area (Å²) in [6, 6.07) is 3.72. The maximum atomic E-state index is 13.5. The van der Waals surface area contributed by atoms with E-state index in [1.807, 2.05) is 4.90 Å². The summed E-state index contributed by atoms with van der Waals surface area (Å²) in [4.78, 5) is 8.39. The standard InChI is InChI=1S/C12H18FN3/c1-15(2)10-5-8-16(9-6-10)12-11(13)4-3-7-14-12/h3-4,7,10H,5-6,8-9H2,1-2H3. The molecule has 0 amide bonds. The first-order chi connectivity index (χ1) is 7.68. The SMILES string of the molecule is CN(C)C1CCN(c2ncccc2F)CC1. The number of pyridine rings is 1. The van der Waals surface area contributed by atoms with E-state index in [0.717, 1.165) is 25.9 Å². The van der Waals surface area contributed by atoms with Crippen LogP contribution in [0.4, 0.5) is 10.2 Å². The number of piperidine rings is 1. The summed E-state index contributed by atoms with van der Waals surface area (Å²) < 4.78 is 13.5. The predicted octanol–water partition coefficient (Wildman–Crippen LogP) is 1.75. The molecule has 3 nitrogen and oxygen atoms in total. The van der Waals surface area contributed by atoms with E-state index in [1.165, 1.54) is 6.07 Å². The van der Waals surface area contributed by atoms with Crippen LogP contribution < -0.4 is 4.90 Å². The van der Waals surface area contributed by atoms with Crippen LogP contribution in [0.5, 0.6) is 0 Å². The maximum absolute atomic E-state index is 13.5. The van der Waals surface area contributed by atoms with Gasteiger partial charge in [-0.05, 0) is 39.1 Å². The highest BCUT2D eigenvalue weighted by Gasteiger charge is 2.22. The summed E-state index contributed by atoms with van der Waals surface area (Å²) in [5.74, 6) is 0.283. The molecule has 1 aromatic heterocycles. The van der Waals surface area contributed by atoms with Crippen LogP contribution in [-0.2, 0) is 0 Å². The Morgan fingerprint density at radius 1 is 1.38 bits per heavy atom. The topological polar surface area (TPSA) is 19.4 Å². The van der Waals surface area contributed by atoms with Gasteiger partial charge in [-0.15, -0.1) is 0 Å². The molecular formula is C12H18FN3. The van der Waals surface area contributed by atoms with E-state index in [0.29, 0.717) is 11.9 Å². The maximum Gasteiger partial charge on any atom is 0.165 e. The lowest BCUT2D eigenvalue weighted by Crippen LogP contribution is -2.42. The molecule has 1 aliphatic rings. The molecule has 2 heterocycles. The van der Waals surface area contributed by atoms with Crippen LogP contribution in [0.3, 0.4) is 0 Å². The van der Waals surface area contributed by atoms with Gasteiger partial charge < -0.3 is 9.80 Å². The summed E-state index contributed by atoms with van der Waals surface area (Å²) in [6.45, 7) is 1.77. The number of rotatable bonds is 2. The van der Waals surface area contributed by atoms with Crippen LogP contribution in [0.2, 0.25) is 0 Å². The molecule has 88 valence electrons. The zero-order valence-electron chi connectivity index (χ0n) is 9.86. The fraction of sp³-hybridized carbons (Fsp3) is 0.583. The van der Waals surface area contributed by atoms with Crippen molar-refractivity contribution < 1.29 is 4.39 Å². The molecular weight excluding hydrogens is 205 g/mol. The zero-order valence-corrected chi connectivity index (χ0v) is 9.86. The first-order valence-corrected chi connectivity index (χ1v) is 5.70. The lowest BCUT2D eigenvalue weighted by atomic mass is 10.0. The van der Waals surface area contributed by atoms with Crippen LogP contribution >= 0.6 is 0 Å². The Morgan fingerprint density at radius 2 is 2.06 bits per heavy atom. The highest BCUT2D eigenvalue weighted by atomic mass is 19.1. The van der Waals surface area contributed by atoms with Crippen molar-refractivity contribution in [1.82, 2.24) is 9.88 Å². The third-order valence-electron chi connectivity index (χ3n) is 3.23. The summed E-state index contributed by atoms with van der Waals surface area (Å²) in [6.07, 6.45) is 3.79. The molecule has 0 radical (unpaired) electrons. The summed E-state index contributed by atoms with van der Waals surface area (Å²) in [5.41, 5.74) is 0. The molecule has 1 aromatic rings. The van der Waals surface area contributed by atoms with Crippen LogP contribution in [0.1, 0.15) is 12.8 Å². The highest BCUT2D eigenvalue weighted by Crippen LogP contribution is 2.21. The molecule has 4 heteroatoms. The van der Waals surface area contributed by atoms with Gasteiger partial charge in [0.2, 0.25) is 0 Å². The van der Waals surface area contributed by atoms with Gasteiger partial charge in [-0.2, -0.15) is 0 Å². The Bertz CT molecular complexity index is 346. The van der Waals surface area contributed by atoms with Gasteiger partial charge in [-0.25, -0.2) is 9.37 Å². The van der Waals surface area contributed by atoms with E-state index < -0.39 is 0 Å². The van der Waals surface area contributed by atoms with E-state index in [1.54, 1.807) is 12.3 Å². The van der Waals surface area contributed by atoms with E-state index in [-0.39, 0.29) is 5.82 Å². The van der Waals surface area contributed by atoms with Gasteiger partial charge in [0.05, 0.1) is 0 Å². The van der Waals surface area contributed by atoms with Gasteiger partial charge in [0.15, 0.2) is 11.6 Å². The van der Waals surface area contributed by atoms with Crippen molar-refractivity contribution in [2.75, 3.05) is 32.1 Å². The second kappa shape index (κ2) is 4.78. The molecule has 0 bridgehead atoms. The van der Waals surface area contributed by atoms with Crippen LogP contribution in [0.25, 0.3) is 0 Å². The smallest absolute Gasteiger partial charge is 0.165 e. The minimum atomic E-state index is -0.217. The molecule has 0 saturated carbocycles. The Kier molecular flexibility index (Phi) is 3.39. The van der Waals surface area contributed by atoms with Crippen molar-refractivity contribution in [2.45, 2.75) is 18.9 Å². The second-order valence-electron chi connectivity index (χ2n) is 4.49. The average Bonchev–Trinajstić information content (AvgIpc) is 2.30. The first-order valence-electron chi connectivity index (χ1n) is 5.70. The highest BCUT2D eigenvalue weighted by molar-refractivity contribution is 5.40. The Balaban J connectivity index is 2.02. The first kappa shape index (κ1) is 11.3. The number of hydrogen-bond acceptors (Lipinski definition) is 3. The third kappa shape index (κ3) is 2.32. The molecule has 0 spiro atoms. The molecule has 1 fully saturated rings. The zero-order chi connectivity index (χ0) is 11.5. The van der Waals surface area contributed by atoms with Crippen molar-refractivity contribution in [3.63, 3.8) is 0 Å². The summed E-state index contributed by atoms with van der Waals surface area (Å²) in [5, 5.41) is 0. The fourth-order valence-corrected chi connectivity index (χ4v) is 2.20. The monoisotopic (exact) mass is 223 g/mol. The lowest BCUT2D eigenvalue weighted by molar-refractivity contribution is 0.249. The third-order valence-corrected chi connectivity index (χ3v) is 3.23. The summed E-state index contributed by atoms with van der Waals surface area (Å²) in [7, 11) is 4.20. The van der Waals surface area contributed by atoms with Crippen LogP contribution in [-0.4, -0.2) is 43.1 Å². The van der Waals surface area contributed by atoms with Crippen LogP contribution in [0.15, 0.2) is 18.3 Å². The van der Waals surface area contributed by atoms with Gasteiger partial charge in [0, 0.05) is 25.3 Å². The fourth-order valence-electron chi connectivity index (χ4n) is 2.20. The van der Waals surface area contributed by atoms with E-state index in [4.69, 9.17) is 0 Å². The van der Waals surface area contributed by atoms with Crippen molar-refractivity contribution >= 4 is 5.82 Å². The number of hydrogen-bond donors (Lipinski definition) is 0. The molecule has 0 unspecified atom stereocenters. The van der Waals surface area contributed by atoms with Crippen molar-refractivity contribution in [1.29, 1.82) is 0 Å². The van der Waals surface area contributed by atoms with Gasteiger partial charge in [0.1, 0.15) is 0 Å². The van der Waals surface area contributed by atoms with E-state index >= 15 is 0 Å². The number of aromatic nitrogens is 1. The molecule has 0 aromatic carbocycles. The molecule has 2 rings (SSSR count). The molecule has 1 aliphatic heterocycles. The minimum Gasteiger partial charge on any atom is -0.354 e. The van der Waals surface area contributed by atoms with Gasteiger partial charge in [-0.3, -0.25) is 0 Å². The molecule has 1 saturated heterocycles. The quantitative estimate of drug-likeness (QED) is 0.761. The lowest BCUT2D eigenvalue weighted by Gasteiger charge is -2.35. The van der Waals surface area contributed by atoms with Crippen molar-refractivity contribution in [3.05, 3.63) is 24.1 Å². The molecule has 0 aliphatic carbocycles. The Labute approximate surface area is 95.9 Å².